The van der Waals surface area contributed by atoms with Gasteiger partial charge in [-0.3, -0.25) is 14.4 Å². The fraction of sp³-hybridized carbons (Fsp3) is 0.357. The zero-order valence-electron chi connectivity index (χ0n) is 11.7. The van der Waals surface area contributed by atoms with Crippen LogP contribution in [-0.4, -0.2) is 37.4 Å². The van der Waals surface area contributed by atoms with E-state index >= 15 is 0 Å². The molecule has 0 atom stereocenters. The molecule has 1 aromatic carbocycles. The van der Waals surface area contributed by atoms with Crippen LogP contribution in [0.1, 0.15) is 23.7 Å². The maximum Gasteiger partial charge on any atom is 0.251 e. The van der Waals surface area contributed by atoms with Crippen LogP contribution in [0.4, 0.5) is 0 Å². The largest absolute Gasteiger partial charge is 0.355 e. The van der Waals surface area contributed by atoms with Gasteiger partial charge < -0.3 is 16.0 Å². The summed E-state index contributed by atoms with van der Waals surface area (Å²) in [4.78, 5) is 34.6. The van der Waals surface area contributed by atoms with Crippen LogP contribution in [0.15, 0.2) is 28.7 Å². The summed E-state index contributed by atoms with van der Waals surface area (Å²) < 4.78 is 0.784. The van der Waals surface area contributed by atoms with Crippen LogP contribution in [0.5, 0.6) is 0 Å². The van der Waals surface area contributed by atoms with Gasteiger partial charge in [-0.25, -0.2) is 0 Å². The van der Waals surface area contributed by atoms with Crippen molar-refractivity contribution in [2.24, 2.45) is 0 Å². The van der Waals surface area contributed by atoms with Gasteiger partial charge in [0.25, 0.3) is 5.91 Å². The summed E-state index contributed by atoms with van der Waals surface area (Å²) >= 11 is 3.27. The fourth-order valence-electron chi connectivity index (χ4n) is 1.46. The number of carbonyl (C=O) groups excluding carboxylic acids is 3. The van der Waals surface area contributed by atoms with Crippen LogP contribution >= 0.6 is 15.9 Å². The quantitative estimate of drug-likeness (QED) is 0.676. The zero-order chi connectivity index (χ0) is 15.7. The second-order valence-corrected chi connectivity index (χ2v) is 5.24. The summed E-state index contributed by atoms with van der Waals surface area (Å²) in [6, 6.07) is 6.84. The molecule has 0 heterocycles. The molecule has 1 rings (SSSR count). The van der Waals surface area contributed by atoms with Gasteiger partial charge in [0.15, 0.2) is 0 Å². The van der Waals surface area contributed by atoms with Crippen molar-refractivity contribution < 1.29 is 14.4 Å². The first-order valence-electron chi connectivity index (χ1n) is 6.60. The minimum atomic E-state index is -0.412. The fourth-order valence-corrected chi connectivity index (χ4v) is 1.86. The Morgan fingerprint density at radius 3 is 2.38 bits per heavy atom. The van der Waals surface area contributed by atoms with Gasteiger partial charge in [-0.15, -0.1) is 0 Å². The molecule has 0 bridgehead atoms. The normalized spacial score (nSPS) is 9.81. The molecule has 0 spiro atoms. The molecular weight excluding hydrogens is 338 g/mol. The third kappa shape index (κ3) is 6.89. The van der Waals surface area contributed by atoms with E-state index in [9.17, 15) is 14.4 Å². The van der Waals surface area contributed by atoms with Crippen molar-refractivity contribution in [1.82, 2.24) is 16.0 Å². The number of rotatable bonds is 7. The van der Waals surface area contributed by atoms with Gasteiger partial charge in [-0.2, -0.15) is 0 Å². The number of halogens is 1. The molecule has 0 radical (unpaired) electrons. The smallest absolute Gasteiger partial charge is 0.251 e. The van der Waals surface area contributed by atoms with E-state index in [1.807, 2.05) is 6.92 Å². The highest BCUT2D eigenvalue weighted by atomic mass is 79.9. The van der Waals surface area contributed by atoms with E-state index in [1.54, 1.807) is 24.3 Å². The first-order valence-corrected chi connectivity index (χ1v) is 7.39. The van der Waals surface area contributed by atoms with Gasteiger partial charge in [0.2, 0.25) is 11.8 Å². The summed E-state index contributed by atoms with van der Waals surface area (Å²) in [6.07, 6.45) is 0.836. The number of carbonyl (C=O) groups is 3. The molecule has 1 aromatic rings. The Hall–Kier alpha value is -1.89. The first-order chi connectivity index (χ1) is 10.0. The zero-order valence-corrected chi connectivity index (χ0v) is 13.3. The maximum absolute atomic E-state index is 11.8. The summed E-state index contributed by atoms with van der Waals surface area (Å²) in [5.74, 6) is -1.00. The van der Waals surface area contributed by atoms with E-state index in [0.717, 1.165) is 10.9 Å². The number of hydrogen-bond donors (Lipinski definition) is 3. The highest BCUT2D eigenvalue weighted by Crippen LogP contribution is 2.11. The Labute approximate surface area is 131 Å². The molecule has 6 nitrogen and oxygen atoms in total. The highest BCUT2D eigenvalue weighted by Gasteiger charge is 2.09. The minimum absolute atomic E-state index is 0.0917. The van der Waals surface area contributed by atoms with Crippen LogP contribution in [0.25, 0.3) is 0 Å². The Bertz CT molecular complexity index is 520. The second-order valence-electron chi connectivity index (χ2n) is 4.32. The van der Waals surface area contributed by atoms with Gasteiger partial charge in [0.05, 0.1) is 13.1 Å². The molecule has 0 fully saturated rings. The lowest BCUT2D eigenvalue weighted by atomic mass is 10.2. The van der Waals surface area contributed by atoms with E-state index in [1.165, 1.54) is 0 Å². The molecule has 114 valence electrons. The van der Waals surface area contributed by atoms with Crippen molar-refractivity contribution >= 4 is 33.7 Å². The Kier molecular flexibility index (Phi) is 7.45. The van der Waals surface area contributed by atoms with Crippen molar-refractivity contribution in [2.45, 2.75) is 13.3 Å². The van der Waals surface area contributed by atoms with Crippen LogP contribution in [-0.2, 0) is 9.59 Å². The third-order valence-electron chi connectivity index (χ3n) is 2.51. The minimum Gasteiger partial charge on any atom is -0.355 e. The van der Waals surface area contributed by atoms with Gasteiger partial charge in [-0.05, 0) is 24.6 Å². The molecule has 0 aliphatic carbocycles. The lowest BCUT2D eigenvalue weighted by Gasteiger charge is -2.07. The summed E-state index contributed by atoms with van der Waals surface area (Å²) in [5, 5.41) is 7.56. The molecule has 0 aromatic heterocycles. The van der Waals surface area contributed by atoms with Crippen LogP contribution in [0, 0.1) is 0 Å². The van der Waals surface area contributed by atoms with Crippen molar-refractivity contribution in [3.8, 4) is 0 Å². The van der Waals surface area contributed by atoms with Crippen molar-refractivity contribution in [3.63, 3.8) is 0 Å². The number of hydrogen-bond acceptors (Lipinski definition) is 3. The predicted molar refractivity (Wildman–Crippen MR) is 82.8 cm³/mol. The molecular formula is C14H18BrN3O3. The van der Waals surface area contributed by atoms with E-state index < -0.39 is 5.91 Å². The van der Waals surface area contributed by atoms with E-state index in [0.29, 0.717) is 12.1 Å². The van der Waals surface area contributed by atoms with E-state index in [2.05, 4.69) is 31.9 Å². The molecule has 0 aliphatic rings. The standard InChI is InChI=1S/C14H18BrN3O3/c1-2-6-16-12(19)8-17-13(20)9-18-14(21)10-4-3-5-11(15)7-10/h3-5,7H,2,6,8-9H2,1H3,(H,16,19)(H,17,20)(H,18,21). The summed E-state index contributed by atoms with van der Waals surface area (Å²) in [7, 11) is 0. The highest BCUT2D eigenvalue weighted by molar-refractivity contribution is 9.10. The van der Waals surface area contributed by atoms with Crippen LogP contribution in [0.3, 0.4) is 0 Å². The summed E-state index contributed by atoms with van der Waals surface area (Å²) in [5.41, 5.74) is 0.456. The molecule has 0 unspecified atom stereocenters. The van der Waals surface area contributed by atoms with Gasteiger partial charge in [-0.1, -0.05) is 28.9 Å². The number of nitrogens with one attached hydrogen (secondary N) is 3. The lowest BCUT2D eigenvalue weighted by Crippen LogP contribution is -2.42. The van der Waals surface area contributed by atoms with Crippen molar-refractivity contribution in [2.75, 3.05) is 19.6 Å². The Balaban J connectivity index is 2.30. The van der Waals surface area contributed by atoms with Gasteiger partial charge in [0, 0.05) is 16.6 Å². The average Bonchev–Trinajstić information content (AvgIpc) is 2.48. The SMILES string of the molecule is CCCNC(=O)CNC(=O)CNC(=O)c1cccc(Br)c1. The molecule has 0 saturated heterocycles. The second kappa shape index (κ2) is 9.12. The van der Waals surface area contributed by atoms with Crippen LogP contribution in [0.2, 0.25) is 0 Å². The Morgan fingerprint density at radius 1 is 1.05 bits per heavy atom. The van der Waals surface area contributed by atoms with Crippen molar-refractivity contribution in [3.05, 3.63) is 34.3 Å². The summed E-state index contributed by atoms with van der Waals surface area (Å²) in [6.45, 7) is 2.25. The van der Waals surface area contributed by atoms with E-state index in [4.69, 9.17) is 0 Å². The predicted octanol–water partition coefficient (Wildman–Crippen LogP) is 0.821. The number of amides is 3. The lowest BCUT2D eigenvalue weighted by molar-refractivity contribution is -0.125. The van der Waals surface area contributed by atoms with Crippen LogP contribution < -0.4 is 16.0 Å². The average molecular weight is 356 g/mol. The topological polar surface area (TPSA) is 87.3 Å². The Morgan fingerprint density at radius 2 is 1.71 bits per heavy atom. The third-order valence-corrected chi connectivity index (χ3v) is 3.01. The van der Waals surface area contributed by atoms with E-state index in [-0.39, 0.29) is 24.9 Å². The molecule has 0 aliphatic heterocycles. The van der Waals surface area contributed by atoms with Gasteiger partial charge >= 0.3 is 0 Å². The molecule has 3 amide bonds. The maximum atomic E-state index is 11.8. The molecule has 7 heteroatoms. The first kappa shape index (κ1) is 17.2. The van der Waals surface area contributed by atoms with Crippen molar-refractivity contribution in [1.29, 1.82) is 0 Å². The number of benzene rings is 1. The molecule has 0 saturated carbocycles. The monoisotopic (exact) mass is 355 g/mol. The van der Waals surface area contributed by atoms with Gasteiger partial charge in [0.1, 0.15) is 0 Å². The molecule has 21 heavy (non-hydrogen) atoms. The molecule has 3 N–H and O–H groups in total.